The number of rotatable bonds is 3. The van der Waals surface area contributed by atoms with Crippen LogP contribution in [-0.4, -0.2) is 51.3 Å². The van der Waals surface area contributed by atoms with Crippen molar-refractivity contribution in [2.24, 2.45) is 0 Å². The average Bonchev–Trinajstić information content (AvgIpc) is 2.99. The van der Waals surface area contributed by atoms with Crippen molar-refractivity contribution in [2.75, 3.05) is 24.6 Å². The minimum Gasteiger partial charge on any atom is -0.346 e. The van der Waals surface area contributed by atoms with E-state index in [4.69, 9.17) is 0 Å². The van der Waals surface area contributed by atoms with E-state index in [1.54, 1.807) is 6.33 Å². The molecule has 2 aliphatic rings. The molecule has 0 radical (unpaired) electrons. The summed E-state index contributed by atoms with van der Waals surface area (Å²) in [6.45, 7) is 1.97. The van der Waals surface area contributed by atoms with Crippen LogP contribution >= 0.6 is 24.2 Å². The van der Waals surface area contributed by atoms with Crippen molar-refractivity contribution in [2.45, 2.75) is 37.8 Å². The molecule has 0 aliphatic carbocycles. The van der Waals surface area contributed by atoms with Gasteiger partial charge in [-0.25, -0.2) is 9.67 Å². The highest BCUT2D eigenvalue weighted by atomic mass is 35.5. The Kier molecular flexibility index (Phi) is 6.32. The second-order valence-electron chi connectivity index (χ2n) is 5.44. The van der Waals surface area contributed by atoms with E-state index in [2.05, 4.69) is 20.7 Å². The summed E-state index contributed by atoms with van der Waals surface area (Å²) in [7, 11) is 0. The molecule has 0 bridgehead atoms. The summed E-state index contributed by atoms with van der Waals surface area (Å²) in [5, 5.41) is 10.7. The number of piperidine rings is 1. The number of nitrogens with one attached hydrogen (secondary N) is 2. The highest BCUT2D eigenvalue weighted by molar-refractivity contribution is 7.99. The number of amides is 1. The smallest absolute Gasteiger partial charge is 0.291 e. The van der Waals surface area contributed by atoms with E-state index in [9.17, 15) is 4.79 Å². The third-order valence-electron chi connectivity index (χ3n) is 3.85. The molecule has 2 fully saturated rings. The summed E-state index contributed by atoms with van der Waals surface area (Å²) in [5.41, 5.74) is 0. The molecule has 21 heavy (non-hydrogen) atoms. The van der Waals surface area contributed by atoms with E-state index in [0.29, 0.717) is 11.9 Å². The van der Waals surface area contributed by atoms with Crippen LogP contribution in [0.3, 0.4) is 0 Å². The molecule has 3 rings (SSSR count). The van der Waals surface area contributed by atoms with Gasteiger partial charge in [0.15, 0.2) is 0 Å². The van der Waals surface area contributed by atoms with Gasteiger partial charge in [0.1, 0.15) is 6.33 Å². The lowest BCUT2D eigenvalue weighted by Gasteiger charge is -2.22. The predicted octanol–water partition coefficient (Wildman–Crippen LogP) is 1.25. The molecule has 2 N–H and O–H groups in total. The van der Waals surface area contributed by atoms with Gasteiger partial charge in [-0.15, -0.1) is 17.5 Å². The molecule has 0 spiro atoms. The van der Waals surface area contributed by atoms with Crippen molar-refractivity contribution in [3.8, 4) is 0 Å². The largest absolute Gasteiger partial charge is 0.346 e. The van der Waals surface area contributed by atoms with Crippen LogP contribution in [0.2, 0.25) is 0 Å². The third kappa shape index (κ3) is 4.34. The maximum atomic E-state index is 12.1. The average molecular weight is 332 g/mol. The van der Waals surface area contributed by atoms with E-state index < -0.39 is 0 Å². The first-order valence-electron chi connectivity index (χ1n) is 7.33. The molecule has 118 valence electrons. The topological polar surface area (TPSA) is 71.8 Å². The normalized spacial score (nSPS) is 25.9. The van der Waals surface area contributed by atoms with Crippen LogP contribution in [-0.2, 0) is 0 Å². The highest BCUT2D eigenvalue weighted by Gasteiger charge is 2.21. The zero-order chi connectivity index (χ0) is 13.8. The zero-order valence-electron chi connectivity index (χ0n) is 12.0. The quantitative estimate of drug-likeness (QED) is 0.872. The van der Waals surface area contributed by atoms with Gasteiger partial charge in [0.2, 0.25) is 5.82 Å². The van der Waals surface area contributed by atoms with Crippen LogP contribution in [0.15, 0.2) is 6.33 Å². The first kappa shape index (κ1) is 16.6. The van der Waals surface area contributed by atoms with Crippen molar-refractivity contribution in [1.29, 1.82) is 0 Å². The fraction of sp³-hybridized carbons (Fsp3) is 0.769. The lowest BCUT2D eigenvalue weighted by molar-refractivity contribution is 0.0927. The number of hydrogen-bond acceptors (Lipinski definition) is 5. The minimum atomic E-state index is -0.139. The van der Waals surface area contributed by atoms with Gasteiger partial charge in [-0.1, -0.05) is 0 Å². The van der Waals surface area contributed by atoms with E-state index in [1.807, 2.05) is 16.4 Å². The second kappa shape index (κ2) is 8.00. The van der Waals surface area contributed by atoms with Crippen molar-refractivity contribution in [1.82, 2.24) is 25.4 Å². The fourth-order valence-corrected chi connectivity index (χ4v) is 3.79. The van der Waals surface area contributed by atoms with Gasteiger partial charge in [0.05, 0.1) is 6.04 Å². The van der Waals surface area contributed by atoms with Gasteiger partial charge in [0, 0.05) is 18.3 Å². The van der Waals surface area contributed by atoms with Crippen LogP contribution in [0.4, 0.5) is 0 Å². The molecule has 0 aromatic carbocycles. The number of hydrogen-bond donors (Lipinski definition) is 2. The lowest BCUT2D eigenvalue weighted by Crippen LogP contribution is -2.39. The molecular formula is C13H22ClN5OS. The molecule has 0 saturated carbocycles. The second-order valence-corrected chi connectivity index (χ2v) is 6.59. The molecule has 2 unspecified atom stereocenters. The summed E-state index contributed by atoms with van der Waals surface area (Å²) >= 11 is 1.90. The van der Waals surface area contributed by atoms with E-state index in [-0.39, 0.29) is 24.4 Å². The lowest BCUT2D eigenvalue weighted by atomic mass is 10.1. The Bertz CT molecular complexity index is 457. The van der Waals surface area contributed by atoms with Gasteiger partial charge in [-0.05, 0) is 38.0 Å². The van der Waals surface area contributed by atoms with Gasteiger partial charge in [-0.2, -0.15) is 11.8 Å². The molecule has 2 aliphatic heterocycles. The number of thioether (sulfide) groups is 1. The Morgan fingerprint density at radius 1 is 1.43 bits per heavy atom. The summed E-state index contributed by atoms with van der Waals surface area (Å²) in [6, 6.07) is 0.590. The first-order chi connectivity index (χ1) is 9.83. The van der Waals surface area contributed by atoms with Crippen LogP contribution < -0.4 is 10.6 Å². The number of aromatic nitrogens is 3. The number of halogens is 1. The van der Waals surface area contributed by atoms with Crippen LogP contribution in [0, 0.1) is 0 Å². The number of carbonyl (C=O) groups is 1. The van der Waals surface area contributed by atoms with Gasteiger partial charge in [-0.3, -0.25) is 4.79 Å². The Balaban J connectivity index is 0.00000161. The van der Waals surface area contributed by atoms with Crippen molar-refractivity contribution >= 4 is 30.1 Å². The third-order valence-corrected chi connectivity index (χ3v) is 5.07. The molecule has 2 saturated heterocycles. The monoisotopic (exact) mass is 331 g/mol. The molecule has 3 heterocycles. The standard InChI is InChI=1S/C13H21N5OS.ClH/c19-13(16-10-3-2-6-20-8-10)12-15-9-18(17-12)11-4-1-5-14-7-11;/h9-11,14H,1-8H2,(H,16,19);1H. The molecule has 1 amide bonds. The van der Waals surface area contributed by atoms with E-state index >= 15 is 0 Å². The van der Waals surface area contributed by atoms with Crippen LogP contribution in [0.25, 0.3) is 0 Å². The Morgan fingerprint density at radius 3 is 3.05 bits per heavy atom. The van der Waals surface area contributed by atoms with Crippen molar-refractivity contribution < 1.29 is 4.79 Å². The fourth-order valence-electron chi connectivity index (χ4n) is 2.72. The number of nitrogens with zero attached hydrogens (tertiary/aromatic N) is 3. The van der Waals surface area contributed by atoms with Crippen LogP contribution in [0.5, 0.6) is 0 Å². The molecular weight excluding hydrogens is 310 g/mol. The zero-order valence-corrected chi connectivity index (χ0v) is 13.6. The molecule has 8 heteroatoms. The predicted molar refractivity (Wildman–Crippen MR) is 86.2 cm³/mol. The molecule has 1 aromatic rings. The maximum absolute atomic E-state index is 12.1. The summed E-state index contributed by atoms with van der Waals surface area (Å²) in [4.78, 5) is 16.3. The summed E-state index contributed by atoms with van der Waals surface area (Å²) < 4.78 is 1.83. The maximum Gasteiger partial charge on any atom is 0.291 e. The van der Waals surface area contributed by atoms with Crippen molar-refractivity contribution in [3.63, 3.8) is 0 Å². The Labute approximate surface area is 135 Å². The van der Waals surface area contributed by atoms with Gasteiger partial charge >= 0.3 is 0 Å². The summed E-state index contributed by atoms with van der Waals surface area (Å²) in [5.74, 6) is 2.36. The molecule has 1 aromatic heterocycles. The van der Waals surface area contributed by atoms with Gasteiger partial charge in [0.25, 0.3) is 5.91 Å². The highest BCUT2D eigenvalue weighted by Crippen LogP contribution is 2.17. The first-order valence-corrected chi connectivity index (χ1v) is 8.49. The molecule has 6 nitrogen and oxygen atoms in total. The number of carbonyl (C=O) groups excluding carboxylic acids is 1. The summed E-state index contributed by atoms with van der Waals surface area (Å²) in [6.07, 6.45) is 6.15. The van der Waals surface area contributed by atoms with Crippen LogP contribution in [0.1, 0.15) is 42.3 Å². The van der Waals surface area contributed by atoms with E-state index in [0.717, 1.165) is 38.1 Å². The SMILES string of the molecule is Cl.O=C(NC1CCCSC1)c1ncn(C2CCCNC2)n1. The Hall–Kier alpha value is -0.790. The van der Waals surface area contributed by atoms with Crippen molar-refractivity contribution in [3.05, 3.63) is 12.2 Å². The molecule has 2 atom stereocenters. The Morgan fingerprint density at radius 2 is 2.33 bits per heavy atom. The van der Waals surface area contributed by atoms with E-state index in [1.165, 1.54) is 12.2 Å². The minimum absolute atomic E-state index is 0. The van der Waals surface area contributed by atoms with Gasteiger partial charge < -0.3 is 10.6 Å².